The molecule has 0 radical (unpaired) electrons. The fraction of sp³-hybridized carbons (Fsp3) is 0.333. The average Bonchev–Trinajstić information content (AvgIpc) is 2.36. The summed E-state index contributed by atoms with van der Waals surface area (Å²) in [5, 5.41) is 6.36. The summed E-state index contributed by atoms with van der Waals surface area (Å²) >= 11 is 0. The first-order valence-electron chi connectivity index (χ1n) is 6.51. The first-order valence-corrected chi connectivity index (χ1v) is 6.51. The minimum Gasteiger partial charge on any atom is -0.366 e. The van der Waals surface area contributed by atoms with Crippen molar-refractivity contribution in [3.8, 4) is 0 Å². The third kappa shape index (κ3) is 4.19. The van der Waals surface area contributed by atoms with Gasteiger partial charge in [0.15, 0.2) is 0 Å². The summed E-state index contributed by atoms with van der Waals surface area (Å²) in [6, 6.07) is 8.50. The Labute approximate surface area is 118 Å². The Morgan fingerprint density at radius 1 is 1.10 bits per heavy atom. The number of benzene rings is 1. The molecule has 2 N–H and O–H groups in total. The zero-order valence-electron chi connectivity index (χ0n) is 11.9. The summed E-state index contributed by atoms with van der Waals surface area (Å²) in [6.45, 7) is 6.56. The van der Waals surface area contributed by atoms with Crippen molar-refractivity contribution in [1.29, 1.82) is 0 Å². The molecule has 0 saturated heterocycles. The van der Waals surface area contributed by atoms with E-state index in [1.807, 2.05) is 12.1 Å². The van der Waals surface area contributed by atoms with E-state index in [2.05, 4.69) is 41.4 Å². The Morgan fingerprint density at radius 3 is 2.50 bits per heavy atom. The molecule has 0 saturated carbocycles. The molecule has 2 aromatic rings. The van der Waals surface area contributed by atoms with Crippen LogP contribution in [0.2, 0.25) is 0 Å². The van der Waals surface area contributed by atoms with Crippen LogP contribution >= 0.6 is 0 Å². The monoisotopic (exact) mass is 274 g/mol. The highest BCUT2D eigenvalue weighted by atomic mass is 19.1. The lowest BCUT2D eigenvalue weighted by atomic mass is 10.1. The summed E-state index contributed by atoms with van der Waals surface area (Å²) in [7, 11) is 0. The first-order chi connectivity index (χ1) is 9.44. The van der Waals surface area contributed by atoms with Gasteiger partial charge < -0.3 is 10.6 Å². The second kappa shape index (κ2) is 5.86. The molecular formula is C15H19FN4. The van der Waals surface area contributed by atoms with E-state index in [9.17, 15) is 4.39 Å². The molecule has 0 atom stereocenters. The van der Waals surface area contributed by atoms with Gasteiger partial charge in [-0.05, 0) is 26.8 Å². The van der Waals surface area contributed by atoms with Gasteiger partial charge >= 0.3 is 0 Å². The zero-order valence-corrected chi connectivity index (χ0v) is 11.9. The lowest BCUT2D eigenvalue weighted by Crippen LogP contribution is -2.26. The van der Waals surface area contributed by atoms with Crippen molar-refractivity contribution in [3.05, 3.63) is 48.0 Å². The number of rotatable bonds is 4. The molecule has 4 nitrogen and oxygen atoms in total. The van der Waals surface area contributed by atoms with Crippen molar-refractivity contribution in [2.24, 2.45) is 0 Å². The maximum atomic E-state index is 13.5. The fourth-order valence-corrected chi connectivity index (χ4v) is 1.73. The van der Waals surface area contributed by atoms with Gasteiger partial charge in [-0.15, -0.1) is 0 Å². The van der Waals surface area contributed by atoms with Gasteiger partial charge in [0.05, 0.1) is 0 Å². The van der Waals surface area contributed by atoms with Crippen LogP contribution in [0.1, 0.15) is 26.3 Å². The van der Waals surface area contributed by atoms with Gasteiger partial charge in [-0.25, -0.2) is 14.4 Å². The third-order valence-electron chi connectivity index (χ3n) is 2.59. The molecule has 0 aliphatic rings. The summed E-state index contributed by atoms with van der Waals surface area (Å²) in [4.78, 5) is 8.29. The minimum absolute atomic E-state index is 0.0723. The molecule has 2 rings (SSSR count). The molecule has 20 heavy (non-hydrogen) atoms. The number of hydrogen-bond donors (Lipinski definition) is 2. The lowest BCUT2D eigenvalue weighted by Gasteiger charge is -2.21. The molecule has 0 unspecified atom stereocenters. The summed E-state index contributed by atoms with van der Waals surface area (Å²) in [6.07, 6.45) is 1.48. The van der Waals surface area contributed by atoms with E-state index in [-0.39, 0.29) is 11.4 Å². The summed E-state index contributed by atoms with van der Waals surface area (Å²) in [5.74, 6) is 1.18. The van der Waals surface area contributed by atoms with Crippen molar-refractivity contribution in [2.75, 3.05) is 10.6 Å². The molecule has 0 bridgehead atoms. The maximum absolute atomic E-state index is 13.5. The number of aromatic nitrogens is 2. The second-order valence-corrected chi connectivity index (χ2v) is 5.61. The molecule has 106 valence electrons. The molecule has 0 aliphatic heterocycles. The van der Waals surface area contributed by atoms with Gasteiger partial charge in [-0.2, -0.15) is 0 Å². The topological polar surface area (TPSA) is 49.8 Å². The molecule has 5 heteroatoms. The lowest BCUT2D eigenvalue weighted by molar-refractivity contribution is 0.613. The highest BCUT2D eigenvalue weighted by Gasteiger charge is 2.10. The Balaban J connectivity index is 2.03. The van der Waals surface area contributed by atoms with Crippen LogP contribution in [0.4, 0.5) is 16.0 Å². The normalized spacial score (nSPS) is 11.2. The van der Waals surface area contributed by atoms with Gasteiger partial charge in [0.1, 0.15) is 23.8 Å². The van der Waals surface area contributed by atoms with Crippen LogP contribution in [-0.4, -0.2) is 15.5 Å². The van der Waals surface area contributed by atoms with Crippen LogP contribution in [0.15, 0.2) is 36.7 Å². The molecule has 0 aliphatic carbocycles. The van der Waals surface area contributed by atoms with E-state index in [0.29, 0.717) is 17.9 Å². The van der Waals surface area contributed by atoms with Crippen LogP contribution in [-0.2, 0) is 6.54 Å². The molecule has 1 aromatic carbocycles. The Bertz CT molecular complexity index is 578. The van der Waals surface area contributed by atoms with E-state index in [1.165, 1.54) is 12.4 Å². The zero-order chi connectivity index (χ0) is 14.6. The maximum Gasteiger partial charge on any atom is 0.131 e. The Kier molecular flexibility index (Phi) is 4.17. The van der Waals surface area contributed by atoms with Crippen molar-refractivity contribution >= 4 is 11.6 Å². The van der Waals surface area contributed by atoms with E-state index in [4.69, 9.17) is 0 Å². The Hall–Kier alpha value is -2.17. The quantitative estimate of drug-likeness (QED) is 0.896. The highest BCUT2D eigenvalue weighted by Crippen LogP contribution is 2.15. The second-order valence-electron chi connectivity index (χ2n) is 5.61. The SMILES string of the molecule is CC(C)(C)Nc1cc(NCc2ccccc2F)ncn1. The van der Waals surface area contributed by atoms with E-state index in [0.717, 1.165) is 5.82 Å². The predicted octanol–water partition coefficient (Wildman–Crippen LogP) is 3.44. The van der Waals surface area contributed by atoms with Gasteiger partial charge in [0, 0.05) is 23.7 Å². The minimum atomic E-state index is -0.220. The van der Waals surface area contributed by atoms with Crippen LogP contribution in [0.3, 0.4) is 0 Å². The van der Waals surface area contributed by atoms with E-state index >= 15 is 0 Å². The molecular weight excluding hydrogens is 255 g/mol. The van der Waals surface area contributed by atoms with Crippen LogP contribution in [0, 0.1) is 5.82 Å². The van der Waals surface area contributed by atoms with Crippen molar-refractivity contribution in [2.45, 2.75) is 32.9 Å². The number of nitrogens with one attached hydrogen (secondary N) is 2. The molecule has 1 aromatic heterocycles. The van der Waals surface area contributed by atoms with Crippen molar-refractivity contribution < 1.29 is 4.39 Å². The van der Waals surface area contributed by atoms with Gasteiger partial charge in [0.25, 0.3) is 0 Å². The smallest absolute Gasteiger partial charge is 0.131 e. The number of anilines is 2. The molecule has 0 amide bonds. The van der Waals surface area contributed by atoms with Crippen LogP contribution in [0.25, 0.3) is 0 Å². The summed E-state index contributed by atoms with van der Waals surface area (Å²) in [5.41, 5.74) is 0.536. The number of hydrogen-bond acceptors (Lipinski definition) is 4. The largest absolute Gasteiger partial charge is 0.366 e. The molecule has 1 heterocycles. The number of nitrogens with zero attached hydrogens (tertiary/aromatic N) is 2. The van der Waals surface area contributed by atoms with Gasteiger partial charge in [0.2, 0.25) is 0 Å². The standard InChI is InChI=1S/C15H19FN4/c1-15(2,3)20-14-8-13(18-10-19-14)17-9-11-6-4-5-7-12(11)16/h4-8,10H,9H2,1-3H3,(H2,17,18,19,20). The summed E-state index contributed by atoms with van der Waals surface area (Å²) < 4.78 is 13.5. The van der Waals surface area contributed by atoms with Gasteiger partial charge in [-0.3, -0.25) is 0 Å². The third-order valence-corrected chi connectivity index (χ3v) is 2.59. The fourth-order valence-electron chi connectivity index (χ4n) is 1.73. The van der Waals surface area contributed by atoms with Crippen LogP contribution < -0.4 is 10.6 Å². The molecule has 0 spiro atoms. The van der Waals surface area contributed by atoms with E-state index in [1.54, 1.807) is 12.1 Å². The predicted molar refractivity (Wildman–Crippen MR) is 79.1 cm³/mol. The van der Waals surface area contributed by atoms with Gasteiger partial charge in [-0.1, -0.05) is 18.2 Å². The van der Waals surface area contributed by atoms with Crippen molar-refractivity contribution in [1.82, 2.24) is 9.97 Å². The molecule has 0 fully saturated rings. The average molecular weight is 274 g/mol. The Morgan fingerprint density at radius 2 is 1.80 bits per heavy atom. The number of halogens is 1. The van der Waals surface area contributed by atoms with E-state index < -0.39 is 0 Å². The highest BCUT2D eigenvalue weighted by molar-refractivity contribution is 5.47. The first kappa shape index (κ1) is 14.2. The van der Waals surface area contributed by atoms with Crippen LogP contribution in [0.5, 0.6) is 0 Å². The van der Waals surface area contributed by atoms with Crippen molar-refractivity contribution in [3.63, 3.8) is 0 Å².